The molecule has 3 aromatic rings. The van der Waals surface area contributed by atoms with Crippen molar-refractivity contribution in [2.75, 3.05) is 25.0 Å². The number of carbonyl (C=O) groups excluding carboxylic acids is 2. The third kappa shape index (κ3) is 7.78. The van der Waals surface area contributed by atoms with Crippen LogP contribution in [0.1, 0.15) is 29.7 Å². The van der Waals surface area contributed by atoms with E-state index in [-0.39, 0.29) is 17.7 Å². The molecular formula is C29H32N4O3. The van der Waals surface area contributed by atoms with Gasteiger partial charge in [0.2, 0.25) is 11.8 Å². The molecule has 2 amide bonds. The lowest BCUT2D eigenvalue weighted by Crippen LogP contribution is -2.39. The number of amides is 2. The van der Waals surface area contributed by atoms with Crippen LogP contribution in [0, 0.1) is 5.92 Å². The molecule has 186 valence electrons. The molecule has 0 bridgehead atoms. The molecule has 1 fully saturated rings. The Morgan fingerprint density at radius 1 is 1.03 bits per heavy atom. The molecule has 4 rings (SSSR count). The van der Waals surface area contributed by atoms with Crippen molar-refractivity contribution >= 4 is 23.6 Å². The van der Waals surface area contributed by atoms with Crippen LogP contribution in [-0.4, -0.2) is 41.3 Å². The Balaban J connectivity index is 1.18. The molecule has 36 heavy (non-hydrogen) atoms. The number of nitrogens with one attached hydrogen (secondary N) is 1. The van der Waals surface area contributed by atoms with Gasteiger partial charge in [0.05, 0.1) is 5.69 Å². The molecule has 1 aliphatic heterocycles. The largest absolute Gasteiger partial charge is 0.487 e. The summed E-state index contributed by atoms with van der Waals surface area (Å²) in [5.74, 6) is 0.407. The van der Waals surface area contributed by atoms with Gasteiger partial charge in [0.25, 0.3) is 0 Å². The molecule has 2 aromatic carbocycles. The van der Waals surface area contributed by atoms with Crippen molar-refractivity contribution in [1.82, 2.24) is 9.88 Å². The number of nitrogens with zero attached hydrogens (tertiary/aromatic N) is 2. The van der Waals surface area contributed by atoms with Gasteiger partial charge < -0.3 is 20.7 Å². The molecule has 1 aliphatic rings. The van der Waals surface area contributed by atoms with E-state index >= 15 is 0 Å². The summed E-state index contributed by atoms with van der Waals surface area (Å²) in [4.78, 5) is 30.2. The average Bonchev–Trinajstić information content (AvgIpc) is 2.92. The Labute approximate surface area is 212 Å². The van der Waals surface area contributed by atoms with E-state index < -0.39 is 0 Å². The zero-order valence-electron chi connectivity index (χ0n) is 20.3. The third-order valence-electron chi connectivity index (χ3n) is 6.35. The van der Waals surface area contributed by atoms with Gasteiger partial charge in [-0.05, 0) is 86.0 Å². The molecule has 0 radical (unpaired) electrons. The van der Waals surface area contributed by atoms with Crippen molar-refractivity contribution in [1.29, 1.82) is 0 Å². The van der Waals surface area contributed by atoms with Gasteiger partial charge in [0.1, 0.15) is 12.4 Å². The maximum atomic E-state index is 12.3. The lowest BCUT2D eigenvalue weighted by molar-refractivity contribution is -0.123. The second-order valence-electron chi connectivity index (χ2n) is 8.97. The number of aromatic nitrogens is 1. The summed E-state index contributed by atoms with van der Waals surface area (Å²) in [5.41, 5.74) is 9.16. The van der Waals surface area contributed by atoms with Crippen molar-refractivity contribution in [2.45, 2.75) is 25.9 Å². The fourth-order valence-electron chi connectivity index (χ4n) is 4.15. The molecule has 7 heteroatoms. The Morgan fingerprint density at radius 3 is 2.44 bits per heavy atom. The van der Waals surface area contributed by atoms with Crippen molar-refractivity contribution in [3.05, 3.63) is 95.8 Å². The van der Waals surface area contributed by atoms with Gasteiger partial charge in [-0.25, -0.2) is 0 Å². The smallest absolute Gasteiger partial charge is 0.248 e. The Kier molecular flexibility index (Phi) is 8.83. The SMILES string of the molecule is NC(=O)C1CCN(CCc2ccc(NC(=O)/C=C/c3ccc(OCc4ccccn4)cc3)cc2)CC1. The van der Waals surface area contributed by atoms with Gasteiger partial charge in [-0.3, -0.25) is 14.6 Å². The van der Waals surface area contributed by atoms with E-state index in [9.17, 15) is 9.59 Å². The highest BCUT2D eigenvalue weighted by Gasteiger charge is 2.22. The predicted molar refractivity (Wildman–Crippen MR) is 141 cm³/mol. The molecule has 3 N–H and O–H groups in total. The topological polar surface area (TPSA) is 97.6 Å². The van der Waals surface area contributed by atoms with Crippen molar-refractivity contribution in [2.24, 2.45) is 11.7 Å². The molecular weight excluding hydrogens is 452 g/mol. The maximum absolute atomic E-state index is 12.3. The highest BCUT2D eigenvalue weighted by atomic mass is 16.5. The van der Waals surface area contributed by atoms with Crippen LogP contribution in [0.4, 0.5) is 5.69 Å². The standard InChI is InChI=1S/C29H32N4O3/c30-29(35)24-15-19-33(20-16-24)18-14-23-4-9-25(10-5-23)32-28(34)13-8-22-6-11-27(12-7-22)36-21-26-3-1-2-17-31-26/h1-13,17,24H,14-16,18-21H2,(H2,30,35)(H,32,34)/b13-8+. The summed E-state index contributed by atoms with van der Waals surface area (Å²) < 4.78 is 5.74. The molecule has 1 aromatic heterocycles. The summed E-state index contributed by atoms with van der Waals surface area (Å²) in [6.07, 6.45) is 7.65. The zero-order chi connectivity index (χ0) is 25.2. The van der Waals surface area contributed by atoms with Crippen LogP contribution in [0.25, 0.3) is 6.08 Å². The number of nitrogens with two attached hydrogens (primary N) is 1. The molecule has 0 spiro atoms. The average molecular weight is 485 g/mol. The number of pyridine rings is 1. The summed E-state index contributed by atoms with van der Waals surface area (Å²) in [5, 5.41) is 2.90. The number of piperidine rings is 1. The first kappa shape index (κ1) is 25.1. The van der Waals surface area contributed by atoms with E-state index in [2.05, 4.69) is 15.2 Å². The summed E-state index contributed by atoms with van der Waals surface area (Å²) in [6.45, 7) is 3.18. The van der Waals surface area contributed by atoms with E-state index in [1.807, 2.05) is 66.7 Å². The first-order valence-electron chi connectivity index (χ1n) is 12.3. The highest BCUT2D eigenvalue weighted by molar-refractivity contribution is 6.01. The maximum Gasteiger partial charge on any atom is 0.248 e. The van der Waals surface area contributed by atoms with Crippen LogP contribution in [0.3, 0.4) is 0 Å². The van der Waals surface area contributed by atoms with Gasteiger partial charge in [0, 0.05) is 30.4 Å². The Bertz CT molecular complexity index is 1150. The molecule has 1 saturated heterocycles. The van der Waals surface area contributed by atoms with Gasteiger partial charge >= 0.3 is 0 Å². The number of hydrogen-bond donors (Lipinski definition) is 2. The van der Waals surface area contributed by atoms with E-state index in [1.54, 1.807) is 12.3 Å². The molecule has 0 atom stereocenters. The monoisotopic (exact) mass is 484 g/mol. The van der Waals surface area contributed by atoms with Crippen molar-refractivity contribution in [3.63, 3.8) is 0 Å². The van der Waals surface area contributed by atoms with Crippen LogP contribution in [-0.2, 0) is 22.6 Å². The van der Waals surface area contributed by atoms with Crippen molar-refractivity contribution in [3.8, 4) is 5.75 Å². The van der Waals surface area contributed by atoms with E-state index in [0.717, 1.165) is 61.6 Å². The van der Waals surface area contributed by atoms with Gasteiger partial charge in [-0.1, -0.05) is 30.3 Å². The molecule has 7 nitrogen and oxygen atoms in total. The van der Waals surface area contributed by atoms with E-state index in [0.29, 0.717) is 6.61 Å². The minimum absolute atomic E-state index is 0.0225. The molecule has 0 unspecified atom stereocenters. The number of ether oxygens (including phenoxy) is 1. The van der Waals surface area contributed by atoms with Crippen molar-refractivity contribution < 1.29 is 14.3 Å². The molecule has 0 saturated carbocycles. The summed E-state index contributed by atoms with van der Waals surface area (Å²) >= 11 is 0. The fourth-order valence-corrected chi connectivity index (χ4v) is 4.15. The molecule has 0 aliphatic carbocycles. The van der Waals surface area contributed by atoms with E-state index in [1.165, 1.54) is 11.6 Å². The highest BCUT2D eigenvalue weighted by Crippen LogP contribution is 2.18. The number of anilines is 1. The minimum Gasteiger partial charge on any atom is -0.487 e. The second kappa shape index (κ2) is 12.7. The third-order valence-corrected chi connectivity index (χ3v) is 6.35. The Morgan fingerprint density at radius 2 is 1.78 bits per heavy atom. The number of carbonyl (C=O) groups is 2. The van der Waals surface area contributed by atoms with Gasteiger partial charge in [-0.2, -0.15) is 0 Å². The first-order valence-corrected chi connectivity index (χ1v) is 12.3. The van der Waals surface area contributed by atoms with Crippen LogP contribution in [0.5, 0.6) is 5.75 Å². The minimum atomic E-state index is -0.185. The molecule has 2 heterocycles. The number of primary amides is 1. The number of benzene rings is 2. The number of hydrogen-bond acceptors (Lipinski definition) is 5. The van der Waals surface area contributed by atoms with Gasteiger partial charge in [0.15, 0.2) is 0 Å². The van der Waals surface area contributed by atoms with Crippen LogP contribution in [0.15, 0.2) is 79.0 Å². The number of rotatable bonds is 10. The lowest BCUT2D eigenvalue weighted by Gasteiger charge is -2.30. The Hall–Kier alpha value is -3.97. The fraction of sp³-hybridized carbons (Fsp3) is 0.276. The number of likely N-dealkylation sites (tertiary alicyclic amines) is 1. The summed E-state index contributed by atoms with van der Waals surface area (Å²) in [7, 11) is 0. The lowest BCUT2D eigenvalue weighted by atomic mass is 9.96. The van der Waals surface area contributed by atoms with Gasteiger partial charge in [-0.15, -0.1) is 0 Å². The van der Waals surface area contributed by atoms with Crippen LogP contribution in [0.2, 0.25) is 0 Å². The quantitative estimate of drug-likeness (QED) is 0.423. The summed E-state index contributed by atoms with van der Waals surface area (Å²) in [6, 6.07) is 21.2. The van der Waals surface area contributed by atoms with E-state index in [4.69, 9.17) is 10.5 Å². The predicted octanol–water partition coefficient (Wildman–Crippen LogP) is 4.05. The van der Waals surface area contributed by atoms with Crippen LogP contribution >= 0.6 is 0 Å². The zero-order valence-corrected chi connectivity index (χ0v) is 20.3. The second-order valence-corrected chi connectivity index (χ2v) is 8.97. The normalized spacial score (nSPS) is 14.6. The van der Waals surface area contributed by atoms with Crippen LogP contribution < -0.4 is 15.8 Å². The first-order chi connectivity index (χ1) is 17.5.